The number of carbonyl (C=O) groups excluding carboxylic acids is 2. The highest BCUT2D eigenvalue weighted by molar-refractivity contribution is 5.85. The predicted octanol–water partition coefficient (Wildman–Crippen LogP) is -2.14. The third-order valence-electron chi connectivity index (χ3n) is 3.60. The Labute approximate surface area is 146 Å². The van der Waals surface area contributed by atoms with Crippen molar-refractivity contribution in [1.29, 1.82) is 0 Å². The molecule has 0 aromatic carbocycles. The number of hydrogen-bond acceptors (Lipinski definition) is 8. The van der Waals surface area contributed by atoms with Crippen LogP contribution >= 0.6 is 0 Å². The summed E-state index contributed by atoms with van der Waals surface area (Å²) in [5, 5.41) is 43.2. The highest BCUT2D eigenvalue weighted by Crippen LogP contribution is 2.20. The van der Waals surface area contributed by atoms with Gasteiger partial charge in [0.1, 0.15) is 42.2 Å². The summed E-state index contributed by atoms with van der Waals surface area (Å²) in [5.41, 5.74) is -0.698. The molecule has 0 aliphatic carbocycles. The van der Waals surface area contributed by atoms with Crippen LogP contribution < -0.4 is 10.6 Å². The summed E-state index contributed by atoms with van der Waals surface area (Å²) >= 11 is 0. The fourth-order valence-corrected chi connectivity index (χ4v) is 2.25. The minimum Gasteiger partial charge on any atom is -0.444 e. The van der Waals surface area contributed by atoms with Crippen molar-refractivity contribution in [2.75, 3.05) is 13.2 Å². The minimum absolute atomic E-state index is 0.180. The van der Waals surface area contributed by atoms with Crippen molar-refractivity contribution in [2.45, 2.75) is 69.9 Å². The smallest absolute Gasteiger partial charge is 0.408 e. The molecule has 0 saturated carbocycles. The van der Waals surface area contributed by atoms with Gasteiger partial charge in [-0.1, -0.05) is 0 Å². The molecule has 1 aliphatic rings. The molecule has 146 valence electrons. The summed E-state index contributed by atoms with van der Waals surface area (Å²) in [7, 11) is 0. The van der Waals surface area contributed by atoms with Gasteiger partial charge in [0.15, 0.2) is 0 Å². The third kappa shape index (κ3) is 6.40. The molecule has 25 heavy (non-hydrogen) atoms. The molecule has 0 aromatic heterocycles. The van der Waals surface area contributed by atoms with E-state index in [1.54, 1.807) is 20.8 Å². The standard InChI is InChI=1S/C15H28N2O8/c1-7(17-14(23)25-15(2,3)4)13(22)16-5-8-10(19)12(21)11(20)9(6-18)24-8/h7-12,18-21H,5-6H2,1-4H3,(H,16,22)(H,17,23)/t7-,8?,9?,10+,11?,12+/m0/s1. The zero-order valence-electron chi connectivity index (χ0n) is 14.8. The first-order valence-electron chi connectivity index (χ1n) is 8.04. The number of alkyl carbamates (subject to hydrolysis) is 1. The van der Waals surface area contributed by atoms with Crippen LogP contribution in [0, 0.1) is 0 Å². The maximum atomic E-state index is 12.0. The number of nitrogens with one attached hydrogen (secondary N) is 2. The quantitative estimate of drug-likeness (QED) is 0.322. The second kappa shape index (κ2) is 8.77. The lowest BCUT2D eigenvalue weighted by molar-refractivity contribution is -0.227. The van der Waals surface area contributed by atoms with Crippen LogP contribution in [0.25, 0.3) is 0 Å². The molecule has 1 saturated heterocycles. The van der Waals surface area contributed by atoms with E-state index in [0.29, 0.717) is 0 Å². The number of aliphatic hydroxyl groups excluding tert-OH is 4. The Balaban J connectivity index is 2.50. The first-order valence-corrected chi connectivity index (χ1v) is 8.04. The fraction of sp³-hybridized carbons (Fsp3) is 0.867. The fourth-order valence-electron chi connectivity index (χ4n) is 2.25. The van der Waals surface area contributed by atoms with Gasteiger partial charge in [-0.2, -0.15) is 0 Å². The molecule has 10 nitrogen and oxygen atoms in total. The molecule has 0 radical (unpaired) electrons. The number of carbonyl (C=O) groups is 2. The van der Waals surface area contributed by atoms with E-state index in [4.69, 9.17) is 14.6 Å². The van der Waals surface area contributed by atoms with E-state index < -0.39 is 60.8 Å². The second-order valence-electron chi connectivity index (χ2n) is 6.98. The Morgan fingerprint density at radius 2 is 1.68 bits per heavy atom. The number of ether oxygens (including phenoxy) is 2. The summed E-state index contributed by atoms with van der Waals surface area (Å²) in [6.45, 7) is 5.79. The van der Waals surface area contributed by atoms with Gasteiger partial charge in [-0.05, 0) is 27.7 Å². The zero-order valence-corrected chi connectivity index (χ0v) is 14.8. The monoisotopic (exact) mass is 364 g/mol. The van der Waals surface area contributed by atoms with Crippen LogP contribution in [0.15, 0.2) is 0 Å². The summed E-state index contributed by atoms with van der Waals surface area (Å²) in [6.07, 6.45) is -7.22. The molecule has 0 aromatic rings. The van der Waals surface area contributed by atoms with Crippen LogP contribution in [0.5, 0.6) is 0 Å². The van der Waals surface area contributed by atoms with Gasteiger partial charge in [0.05, 0.1) is 6.61 Å². The van der Waals surface area contributed by atoms with Crippen LogP contribution in [0.3, 0.4) is 0 Å². The molecule has 3 unspecified atom stereocenters. The molecule has 6 N–H and O–H groups in total. The number of aliphatic hydroxyl groups is 4. The summed E-state index contributed by atoms with van der Waals surface area (Å²) in [5.74, 6) is -0.553. The zero-order chi connectivity index (χ0) is 19.4. The predicted molar refractivity (Wildman–Crippen MR) is 85.6 cm³/mol. The average Bonchev–Trinajstić information content (AvgIpc) is 2.49. The van der Waals surface area contributed by atoms with Crippen LogP contribution in [0.1, 0.15) is 27.7 Å². The van der Waals surface area contributed by atoms with E-state index >= 15 is 0 Å². The topological polar surface area (TPSA) is 158 Å². The van der Waals surface area contributed by atoms with E-state index in [9.17, 15) is 24.9 Å². The van der Waals surface area contributed by atoms with Crippen molar-refractivity contribution < 1.29 is 39.5 Å². The van der Waals surface area contributed by atoms with Crippen LogP contribution in [-0.2, 0) is 14.3 Å². The summed E-state index contributed by atoms with van der Waals surface area (Å²) in [6, 6.07) is -0.903. The van der Waals surface area contributed by atoms with Crippen LogP contribution in [-0.4, -0.2) is 87.7 Å². The summed E-state index contributed by atoms with van der Waals surface area (Å²) in [4.78, 5) is 23.6. The van der Waals surface area contributed by atoms with Gasteiger partial charge < -0.3 is 40.5 Å². The normalized spacial score (nSPS) is 31.1. The van der Waals surface area contributed by atoms with Gasteiger partial charge in [0.2, 0.25) is 5.91 Å². The van der Waals surface area contributed by atoms with Crippen molar-refractivity contribution in [3.63, 3.8) is 0 Å². The van der Waals surface area contributed by atoms with Gasteiger partial charge >= 0.3 is 6.09 Å². The molecule has 6 atom stereocenters. The van der Waals surface area contributed by atoms with E-state index in [1.807, 2.05) is 0 Å². The minimum atomic E-state index is -1.51. The lowest BCUT2D eigenvalue weighted by Gasteiger charge is -2.40. The van der Waals surface area contributed by atoms with Gasteiger partial charge in [-0.25, -0.2) is 4.79 Å². The molecule has 1 rings (SSSR count). The van der Waals surface area contributed by atoms with Crippen LogP contribution in [0.2, 0.25) is 0 Å². The molecule has 10 heteroatoms. The lowest BCUT2D eigenvalue weighted by Crippen LogP contribution is -2.61. The number of amides is 2. The Morgan fingerprint density at radius 1 is 1.12 bits per heavy atom. The number of hydrogen-bond donors (Lipinski definition) is 6. The first-order chi connectivity index (χ1) is 11.5. The van der Waals surface area contributed by atoms with Crippen molar-refractivity contribution in [3.05, 3.63) is 0 Å². The van der Waals surface area contributed by atoms with E-state index in [2.05, 4.69) is 10.6 Å². The highest BCUT2D eigenvalue weighted by Gasteiger charge is 2.43. The van der Waals surface area contributed by atoms with E-state index in [-0.39, 0.29) is 6.54 Å². The Bertz CT molecular complexity index is 465. The maximum Gasteiger partial charge on any atom is 0.408 e. The van der Waals surface area contributed by atoms with E-state index in [1.165, 1.54) is 6.92 Å². The van der Waals surface area contributed by atoms with Crippen molar-refractivity contribution in [1.82, 2.24) is 10.6 Å². The van der Waals surface area contributed by atoms with E-state index in [0.717, 1.165) is 0 Å². The third-order valence-corrected chi connectivity index (χ3v) is 3.60. The van der Waals surface area contributed by atoms with Crippen molar-refractivity contribution in [2.24, 2.45) is 0 Å². The SMILES string of the molecule is C[C@H](NC(=O)OC(C)(C)C)C(=O)NCC1OC(CO)C(O)[C@H](O)[C@@H]1O. The number of rotatable bonds is 5. The Kier molecular flexibility index (Phi) is 7.57. The van der Waals surface area contributed by atoms with Gasteiger partial charge in [0.25, 0.3) is 0 Å². The molecule has 1 heterocycles. The van der Waals surface area contributed by atoms with Crippen molar-refractivity contribution >= 4 is 12.0 Å². The van der Waals surface area contributed by atoms with Gasteiger partial charge in [-0.3, -0.25) is 4.79 Å². The lowest BCUT2D eigenvalue weighted by atomic mass is 9.95. The average molecular weight is 364 g/mol. The van der Waals surface area contributed by atoms with Gasteiger partial charge in [-0.15, -0.1) is 0 Å². The molecular formula is C15H28N2O8. The Hall–Kier alpha value is -1.46. The van der Waals surface area contributed by atoms with Gasteiger partial charge in [0, 0.05) is 6.54 Å². The maximum absolute atomic E-state index is 12.0. The Morgan fingerprint density at radius 3 is 2.20 bits per heavy atom. The van der Waals surface area contributed by atoms with Crippen molar-refractivity contribution in [3.8, 4) is 0 Å². The molecule has 1 fully saturated rings. The molecule has 0 bridgehead atoms. The largest absolute Gasteiger partial charge is 0.444 e. The molecule has 1 aliphatic heterocycles. The first kappa shape index (κ1) is 21.6. The molecular weight excluding hydrogens is 336 g/mol. The summed E-state index contributed by atoms with van der Waals surface area (Å²) < 4.78 is 10.3. The van der Waals surface area contributed by atoms with Crippen LogP contribution in [0.4, 0.5) is 4.79 Å². The second-order valence-corrected chi connectivity index (χ2v) is 6.98. The molecule has 2 amide bonds. The highest BCUT2D eigenvalue weighted by atomic mass is 16.6. The molecule has 0 spiro atoms.